The van der Waals surface area contributed by atoms with E-state index in [1.807, 2.05) is 41.3 Å². The van der Waals surface area contributed by atoms with Crippen molar-refractivity contribution in [2.45, 2.75) is 35.1 Å². The monoisotopic (exact) mass is 372 g/mol. The average molecular weight is 372 g/mol. The van der Waals surface area contributed by atoms with E-state index in [2.05, 4.69) is 41.7 Å². The van der Waals surface area contributed by atoms with E-state index in [9.17, 15) is 4.79 Å². The molecule has 27 heavy (non-hydrogen) atoms. The van der Waals surface area contributed by atoms with Gasteiger partial charge in [-0.25, -0.2) is 4.79 Å². The minimum atomic E-state index is -0.0584. The maximum absolute atomic E-state index is 13.4. The van der Waals surface area contributed by atoms with Crippen molar-refractivity contribution < 1.29 is 4.79 Å². The van der Waals surface area contributed by atoms with Crippen LogP contribution in [0, 0.1) is 0 Å². The summed E-state index contributed by atoms with van der Waals surface area (Å²) in [4.78, 5) is 17.5. The van der Waals surface area contributed by atoms with Crippen LogP contribution in [0.15, 0.2) is 82.6 Å². The summed E-state index contributed by atoms with van der Waals surface area (Å²) >= 11 is 1.72. The highest BCUT2D eigenvalue weighted by molar-refractivity contribution is 7.99. The lowest BCUT2D eigenvalue weighted by Gasteiger charge is -2.33. The second-order valence-corrected chi connectivity index (χ2v) is 8.05. The van der Waals surface area contributed by atoms with E-state index in [0.717, 1.165) is 40.4 Å². The van der Waals surface area contributed by atoms with E-state index in [-0.39, 0.29) is 12.1 Å². The van der Waals surface area contributed by atoms with Crippen LogP contribution in [0.1, 0.15) is 30.0 Å². The van der Waals surface area contributed by atoms with Crippen LogP contribution in [0.4, 0.5) is 16.2 Å². The molecule has 1 aliphatic carbocycles. The smallest absolute Gasteiger partial charge is 0.327 e. The third-order valence-corrected chi connectivity index (χ3v) is 6.43. The molecule has 5 rings (SSSR count). The number of aryl methyl sites for hydroxylation is 1. The Hall–Kier alpha value is -2.72. The van der Waals surface area contributed by atoms with Gasteiger partial charge in [-0.2, -0.15) is 0 Å². The molecule has 1 heterocycles. The van der Waals surface area contributed by atoms with E-state index < -0.39 is 0 Å². The number of nitrogens with one attached hydrogen (secondary N) is 1. The predicted octanol–water partition coefficient (Wildman–Crippen LogP) is 6.08. The normalized spacial score (nSPS) is 17.5. The van der Waals surface area contributed by atoms with Gasteiger partial charge in [0.15, 0.2) is 0 Å². The summed E-state index contributed by atoms with van der Waals surface area (Å²) in [6, 6.07) is 24.7. The van der Waals surface area contributed by atoms with Gasteiger partial charge in [-0.15, -0.1) is 0 Å². The maximum atomic E-state index is 13.4. The fourth-order valence-corrected chi connectivity index (χ4v) is 5.10. The molecule has 3 nitrogen and oxygen atoms in total. The number of anilines is 2. The summed E-state index contributed by atoms with van der Waals surface area (Å²) in [6.45, 7) is 0. The Labute approximate surface area is 163 Å². The molecule has 3 aromatic carbocycles. The number of hydrogen-bond donors (Lipinski definition) is 1. The molecule has 0 saturated heterocycles. The number of carbonyl (C=O) groups excluding carboxylic acids is 1. The van der Waals surface area contributed by atoms with Crippen molar-refractivity contribution in [1.82, 2.24) is 5.32 Å². The quantitative estimate of drug-likeness (QED) is 0.562. The SMILES string of the molecule is O=C(N[C@@H]1CCCc2ccccc21)N1c2ccccc2Sc2ccccc21. The summed E-state index contributed by atoms with van der Waals surface area (Å²) in [6.07, 6.45) is 3.17. The lowest BCUT2D eigenvalue weighted by molar-refractivity contribution is 0.243. The first kappa shape index (κ1) is 16.5. The lowest BCUT2D eigenvalue weighted by Crippen LogP contribution is -2.41. The number of urea groups is 1. The first-order valence-corrected chi connectivity index (χ1v) is 10.2. The second kappa shape index (κ2) is 6.78. The molecule has 0 bridgehead atoms. The number of rotatable bonds is 1. The Morgan fingerprint density at radius 2 is 1.52 bits per heavy atom. The van der Waals surface area contributed by atoms with Crippen LogP contribution in [0.5, 0.6) is 0 Å². The van der Waals surface area contributed by atoms with Crippen LogP contribution in [0.2, 0.25) is 0 Å². The number of carbonyl (C=O) groups is 1. The number of para-hydroxylation sites is 2. The Kier molecular flexibility index (Phi) is 4.13. The molecule has 134 valence electrons. The molecule has 1 aliphatic heterocycles. The zero-order chi connectivity index (χ0) is 18.2. The summed E-state index contributed by atoms with van der Waals surface area (Å²) in [5, 5.41) is 3.30. The molecule has 1 N–H and O–H groups in total. The highest BCUT2D eigenvalue weighted by Crippen LogP contribution is 2.48. The number of nitrogens with zero attached hydrogens (tertiary/aromatic N) is 1. The van der Waals surface area contributed by atoms with Gasteiger partial charge in [0.1, 0.15) is 0 Å². The second-order valence-electron chi connectivity index (χ2n) is 6.97. The fraction of sp³-hybridized carbons (Fsp3) is 0.174. The average Bonchev–Trinajstić information content (AvgIpc) is 2.72. The van der Waals surface area contributed by atoms with Crippen LogP contribution in [0.25, 0.3) is 0 Å². The molecule has 4 heteroatoms. The summed E-state index contributed by atoms with van der Waals surface area (Å²) in [5.41, 5.74) is 4.50. The van der Waals surface area contributed by atoms with Crippen LogP contribution in [-0.2, 0) is 6.42 Å². The minimum absolute atomic E-state index is 0.0584. The highest BCUT2D eigenvalue weighted by Gasteiger charge is 2.30. The van der Waals surface area contributed by atoms with E-state index in [0.29, 0.717) is 0 Å². The Bertz CT molecular complexity index is 971. The van der Waals surface area contributed by atoms with Gasteiger partial charge in [-0.3, -0.25) is 4.90 Å². The van der Waals surface area contributed by atoms with E-state index in [1.54, 1.807) is 11.8 Å². The molecule has 3 aromatic rings. The molecular formula is C23H20N2OS. The van der Waals surface area contributed by atoms with Gasteiger partial charge < -0.3 is 5.32 Å². The van der Waals surface area contributed by atoms with Crippen LogP contribution in [0.3, 0.4) is 0 Å². The van der Waals surface area contributed by atoms with Crippen LogP contribution < -0.4 is 10.2 Å². The van der Waals surface area contributed by atoms with Crippen molar-refractivity contribution in [3.63, 3.8) is 0 Å². The Balaban J connectivity index is 1.51. The van der Waals surface area contributed by atoms with Gasteiger partial charge in [0.2, 0.25) is 0 Å². The van der Waals surface area contributed by atoms with Crippen molar-refractivity contribution in [3.05, 3.63) is 83.9 Å². The van der Waals surface area contributed by atoms with Gasteiger partial charge in [0, 0.05) is 9.79 Å². The number of benzene rings is 3. The third kappa shape index (κ3) is 2.90. The summed E-state index contributed by atoms with van der Waals surface area (Å²) in [5.74, 6) is 0. The molecule has 0 fully saturated rings. The van der Waals surface area contributed by atoms with Crippen molar-refractivity contribution in [1.29, 1.82) is 0 Å². The standard InChI is InChI=1S/C23H20N2OS/c26-23(24-18-11-7-9-16-8-1-2-10-17(16)18)25-19-12-3-5-14-21(19)27-22-15-6-4-13-20(22)25/h1-6,8,10,12-15,18H,7,9,11H2,(H,24,26)/t18-/m1/s1. The van der Waals surface area contributed by atoms with E-state index in [4.69, 9.17) is 0 Å². The van der Waals surface area contributed by atoms with Gasteiger partial charge in [-0.05, 0) is 54.7 Å². The first-order chi connectivity index (χ1) is 13.3. The number of fused-ring (bicyclic) bond motifs is 3. The van der Waals surface area contributed by atoms with Crippen molar-refractivity contribution >= 4 is 29.2 Å². The maximum Gasteiger partial charge on any atom is 0.327 e. The third-order valence-electron chi connectivity index (χ3n) is 5.30. The van der Waals surface area contributed by atoms with Gasteiger partial charge in [0.05, 0.1) is 17.4 Å². The Morgan fingerprint density at radius 3 is 2.26 bits per heavy atom. The zero-order valence-electron chi connectivity index (χ0n) is 14.9. The fourth-order valence-electron chi connectivity index (χ4n) is 4.04. The minimum Gasteiger partial charge on any atom is -0.331 e. The van der Waals surface area contributed by atoms with Crippen molar-refractivity contribution in [3.8, 4) is 0 Å². The van der Waals surface area contributed by atoms with Crippen molar-refractivity contribution in [2.75, 3.05) is 4.90 Å². The largest absolute Gasteiger partial charge is 0.331 e. The zero-order valence-corrected chi connectivity index (χ0v) is 15.7. The molecule has 1 atom stereocenters. The van der Waals surface area contributed by atoms with E-state index in [1.165, 1.54) is 11.1 Å². The Morgan fingerprint density at radius 1 is 0.889 bits per heavy atom. The van der Waals surface area contributed by atoms with Crippen LogP contribution >= 0.6 is 11.8 Å². The molecule has 0 saturated carbocycles. The molecule has 2 amide bonds. The number of amides is 2. The molecule has 0 aromatic heterocycles. The molecule has 0 unspecified atom stereocenters. The van der Waals surface area contributed by atoms with E-state index >= 15 is 0 Å². The predicted molar refractivity (Wildman–Crippen MR) is 110 cm³/mol. The molecule has 0 radical (unpaired) electrons. The van der Waals surface area contributed by atoms with Gasteiger partial charge >= 0.3 is 6.03 Å². The lowest BCUT2D eigenvalue weighted by atomic mass is 9.88. The van der Waals surface area contributed by atoms with Gasteiger partial charge in [0.25, 0.3) is 0 Å². The topological polar surface area (TPSA) is 32.3 Å². The molecule has 2 aliphatic rings. The number of hydrogen-bond acceptors (Lipinski definition) is 2. The van der Waals surface area contributed by atoms with Crippen molar-refractivity contribution in [2.24, 2.45) is 0 Å². The summed E-state index contributed by atoms with van der Waals surface area (Å²) in [7, 11) is 0. The molecule has 0 spiro atoms. The first-order valence-electron chi connectivity index (χ1n) is 9.35. The summed E-state index contributed by atoms with van der Waals surface area (Å²) < 4.78 is 0. The van der Waals surface area contributed by atoms with Gasteiger partial charge in [-0.1, -0.05) is 60.3 Å². The molecular weight excluding hydrogens is 352 g/mol. The highest BCUT2D eigenvalue weighted by atomic mass is 32.2. The van der Waals surface area contributed by atoms with Crippen LogP contribution in [-0.4, -0.2) is 6.03 Å².